The second kappa shape index (κ2) is 6.02. The molecule has 1 heterocycles. The number of ether oxygens (including phenoxy) is 1. The first-order valence-corrected chi connectivity index (χ1v) is 6.79. The standard InChI is InChI=1S/C12H12N2O5S/c1-19-12(18)10-8-9(13-14-10)6(16)5-7(11(8)17)20-4-2-3-15/h5,15H,2-4H2,1H3,(H,13,14). The van der Waals surface area contributed by atoms with E-state index in [1.54, 1.807) is 0 Å². The van der Waals surface area contributed by atoms with Crippen LogP contribution < -0.4 is 0 Å². The van der Waals surface area contributed by atoms with Gasteiger partial charge in [-0.15, -0.1) is 11.8 Å². The van der Waals surface area contributed by atoms with Gasteiger partial charge in [0.25, 0.3) is 0 Å². The normalized spacial score (nSPS) is 14.0. The lowest BCUT2D eigenvalue weighted by atomic mass is 9.99. The predicted octanol–water partition coefficient (Wildman–Crippen LogP) is 0.575. The van der Waals surface area contributed by atoms with Crippen LogP contribution in [0.15, 0.2) is 11.0 Å². The van der Waals surface area contributed by atoms with Gasteiger partial charge in [0.2, 0.25) is 11.6 Å². The fourth-order valence-corrected chi connectivity index (χ4v) is 2.64. The highest BCUT2D eigenvalue weighted by molar-refractivity contribution is 8.04. The van der Waals surface area contributed by atoms with E-state index in [-0.39, 0.29) is 28.5 Å². The summed E-state index contributed by atoms with van der Waals surface area (Å²) in [4.78, 5) is 35.9. The smallest absolute Gasteiger partial charge is 0.359 e. The molecular formula is C12H12N2O5S. The van der Waals surface area contributed by atoms with Crippen LogP contribution in [0.5, 0.6) is 0 Å². The molecule has 0 aromatic carbocycles. The van der Waals surface area contributed by atoms with Gasteiger partial charge in [0.05, 0.1) is 17.6 Å². The molecule has 0 radical (unpaired) electrons. The number of rotatable bonds is 5. The molecular weight excluding hydrogens is 284 g/mol. The van der Waals surface area contributed by atoms with Crippen molar-refractivity contribution in [1.82, 2.24) is 10.2 Å². The van der Waals surface area contributed by atoms with Gasteiger partial charge in [-0.1, -0.05) is 0 Å². The van der Waals surface area contributed by atoms with Crippen LogP contribution in [0.2, 0.25) is 0 Å². The number of hydrogen-bond donors (Lipinski definition) is 2. The molecule has 8 heteroatoms. The Kier molecular flexibility index (Phi) is 4.35. The summed E-state index contributed by atoms with van der Waals surface area (Å²) in [6, 6.07) is 0. The third-order valence-electron chi connectivity index (χ3n) is 2.66. The first kappa shape index (κ1) is 14.5. The molecule has 0 spiro atoms. The zero-order valence-electron chi connectivity index (χ0n) is 10.6. The van der Waals surface area contributed by atoms with Crippen molar-refractivity contribution in [3.63, 3.8) is 0 Å². The highest BCUT2D eigenvalue weighted by Crippen LogP contribution is 2.29. The highest BCUT2D eigenvalue weighted by Gasteiger charge is 2.34. The monoisotopic (exact) mass is 296 g/mol. The number of aliphatic hydroxyl groups excluding tert-OH is 1. The molecule has 2 N–H and O–H groups in total. The Bertz CT molecular complexity index is 605. The molecule has 0 amide bonds. The Morgan fingerprint density at radius 1 is 1.50 bits per heavy atom. The summed E-state index contributed by atoms with van der Waals surface area (Å²) >= 11 is 1.17. The number of aromatic amines is 1. The summed E-state index contributed by atoms with van der Waals surface area (Å²) in [5, 5.41) is 14.8. The van der Waals surface area contributed by atoms with Gasteiger partial charge in [0, 0.05) is 18.4 Å². The van der Waals surface area contributed by atoms with E-state index < -0.39 is 17.5 Å². The summed E-state index contributed by atoms with van der Waals surface area (Å²) in [7, 11) is 1.17. The second-order valence-corrected chi connectivity index (χ2v) is 5.08. The Balaban J connectivity index is 2.33. The number of nitrogens with zero attached hydrogens (tertiary/aromatic N) is 1. The number of aliphatic hydroxyl groups is 1. The molecule has 0 saturated carbocycles. The molecule has 0 saturated heterocycles. The van der Waals surface area contributed by atoms with Gasteiger partial charge in [0.1, 0.15) is 5.69 Å². The molecule has 0 fully saturated rings. The van der Waals surface area contributed by atoms with Gasteiger partial charge in [-0.3, -0.25) is 14.7 Å². The van der Waals surface area contributed by atoms with Crippen molar-refractivity contribution in [1.29, 1.82) is 0 Å². The summed E-state index contributed by atoms with van der Waals surface area (Å²) in [6.45, 7) is 0.00673. The fraction of sp³-hybridized carbons (Fsp3) is 0.333. The van der Waals surface area contributed by atoms with Crippen LogP contribution in [0.25, 0.3) is 0 Å². The van der Waals surface area contributed by atoms with Crippen LogP contribution in [0.3, 0.4) is 0 Å². The van der Waals surface area contributed by atoms with E-state index >= 15 is 0 Å². The number of fused-ring (bicyclic) bond motifs is 1. The van der Waals surface area contributed by atoms with E-state index in [0.717, 1.165) is 0 Å². The molecule has 1 aromatic heterocycles. The molecule has 1 aromatic rings. The van der Waals surface area contributed by atoms with Gasteiger partial charge >= 0.3 is 5.97 Å². The van der Waals surface area contributed by atoms with Crippen molar-refractivity contribution >= 4 is 29.3 Å². The molecule has 0 bridgehead atoms. The summed E-state index contributed by atoms with van der Waals surface area (Å²) in [5.74, 6) is -1.11. The molecule has 20 heavy (non-hydrogen) atoms. The van der Waals surface area contributed by atoms with E-state index in [1.165, 1.54) is 24.9 Å². The second-order valence-electron chi connectivity index (χ2n) is 3.94. The minimum absolute atomic E-state index is 0.00177. The summed E-state index contributed by atoms with van der Waals surface area (Å²) < 4.78 is 4.53. The molecule has 1 aliphatic carbocycles. The van der Waals surface area contributed by atoms with Crippen molar-refractivity contribution < 1.29 is 24.2 Å². The molecule has 106 valence electrons. The van der Waals surface area contributed by atoms with Gasteiger partial charge in [-0.2, -0.15) is 5.10 Å². The highest BCUT2D eigenvalue weighted by atomic mass is 32.2. The third kappa shape index (κ3) is 2.52. The number of allylic oxidation sites excluding steroid dienone is 2. The average molecular weight is 296 g/mol. The van der Waals surface area contributed by atoms with Crippen LogP contribution >= 0.6 is 11.8 Å². The van der Waals surface area contributed by atoms with Gasteiger partial charge in [-0.05, 0) is 6.42 Å². The number of carbonyl (C=O) groups excluding carboxylic acids is 3. The van der Waals surface area contributed by atoms with Crippen LogP contribution in [0.1, 0.15) is 37.8 Å². The van der Waals surface area contributed by atoms with Crippen molar-refractivity contribution in [2.75, 3.05) is 19.5 Å². The first-order valence-electron chi connectivity index (χ1n) is 5.81. The Labute approximate surface area is 118 Å². The number of methoxy groups -OCH3 is 1. The molecule has 0 atom stereocenters. The fourth-order valence-electron chi connectivity index (χ4n) is 1.72. The number of hydrogen-bond acceptors (Lipinski definition) is 7. The number of esters is 1. The quantitative estimate of drug-likeness (QED) is 0.604. The first-order chi connectivity index (χ1) is 9.60. The molecule has 7 nitrogen and oxygen atoms in total. The number of aromatic nitrogens is 2. The van der Waals surface area contributed by atoms with Crippen molar-refractivity contribution in [3.05, 3.63) is 27.9 Å². The maximum Gasteiger partial charge on any atom is 0.359 e. The van der Waals surface area contributed by atoms with E-state index in [0.29, 0.717) is 12.2 Å². The Morgan fingerprint density at radius 2 is 2.25 bits per heavy atom. The Hall–Kier alpha value is -1.93. The largest absolute Gasteiger partial charge is 0.464 e. The lowest BCUT2D eigenvalue weighted by molar-refractivity contribution is 0.0591. The van der Waals surface area contributed by atoms with Crippen molar-refractivity contribution in [2.45, 2.75) is 6.42 Å². The van der Waals surface area contributed by atoms with E-state index in [4.69, 9.17) is 5.11 Å². The van der Waals surface area contributed by atoms with Crippen LogP contribution in [0.4, 0.5) is 0 Å². The topological polar surface area (TPSA) is 109 Å². The lowest BCUT2D eigenvalue weighted by Crippen LogP contribution is -2.18. The molecule has 2 rings (SSSR count). The number of carbonyl (C=O) groups is 3. The van der Waals surface area contributed by atoms with E-state index in [2.05, 4.69) is 14.9 Å². The average Bonchev–Trinajstić information content (AvgIpc) is 2.89. The van der Waals surface area contributed by atoms with E-state index in [9.17, 15) is 14.4 Å². The van der Waals surface area contributed by atoms with E-state index in [1.807, 2.05) is 0 Å². The van der Waals surface area contributed by atoms with Gasteiger partial charge in [-0.25, -0.2) is 4.79 Å². The number of thioether (sulfide) groups is 1. The maximum absolute atomic E-state index is 12.3. The zero-order valence-corrected chi connectivity index (χ0v) is 11.5. The molecule has 0 aliphatic heterocycles. The summed E-state index contributed by atoms with van der Waals surface area (Å²) in [6.07, 6.45) is 1.72. The minimum Gasteiger partial charge on any atom is -0.464 e. The Morgan fingerprint density at radius 3 is 2.90 bits per heavy atom. The SMILES string of the molecule is COC(=O)c1n[nH]c2c1C(=O)C(SCCCO)=CC2=O. The number of ketones is 2. The maximum atomic E-state index is 12.3. The summed E-state index contributed by atoms with van der Waals surface area (Å²) in [5.41, 5.74) is -0.230. The number of nitrogens with one attached hydrogen (secondary N) is 1. The van der Waals surface area contributed by atoms with Crippen molar-refractivity contribution in [3.8, 4) is 0 Å². The lowest BCUT2D eigenvalue weighted by Gasteiger charge is -2.11. The van der Waals surface area contributed by atoms with Gasteiger partial charge < -0.3 is 9.84 Å². The number of Topliss-reactive ketones (excluding diaryl/α,β-unsaturated/α-hetero) is 1. The molecule has 1 aliphatic rings. The van der Waals surface area contributed by atoms with Crippen LogP contribution in [-0.2, 0) is 4.74 Å². The predicted molar refractivity (Wildman–Crippen MR) is 70.8 cm³/mol. The van der Waals surface area contributed by atoms with Crippen LogP contribution in [0, 0.1) is 0 Å². The molecule has 0 unspecified atom stereocenters. The minimum atomic E-state index is -0.773. The number of H-pyrrole nitrogens is 1. The van der Waals surface area contributed by atoms with Gasteiger partial charge in [0.15, 0.2) is 5.69 Å². The van der Waals surface area contributed by atoms with Crippen LogP contribution in [-0.4, -0.2) is 52.3 Å². The zero-order chi connectivity index (χ0) is 14.7. The van der Waals surface area contributed by atoms with Crippen molar-refractivity contribution in [2.24, 2.45) is 0 Å². The third-order valence-corrected chi connectivity index (χ3v) is 3.77.